The van der Waals surface area contributed by atoms with Crippen LogP contribution in [0.5, 0.6) is 0 Å². The number of hydrogen-bond donors (Lipinski definition) is 0. The predicted molar refractivity (Wildman–Crippen MR) is 95.0 cm³/mol. The van der Waals surface area contributed by atoms with Gasteiger partial charge in [-0.1, -0.05) is 36.4 Å². The summed E-state index contributed by atoms with van der Waals surface area (Å²) in [5.74, 6) is -0.605. The highest BCUT2D eigenvalue weighted by molar-refractivity contribution is 5.69. The van der Waals surface area contributed by atoms with Gasteiger partial charge in [-0.15, -0.1) is 6.58 Å². The second kappa shape index (κ2) is 7.58. The number of carbonyl (C=O) groups is 1. The molecule has 2 heterocycles. The molecule has 0 aliphatic carbocycles. The zero-order valence-electron chi connectivity index (χ0n) is 15.0. The molecular weight excluding hydrogens is 318 g/mol. The van der Waals surface area contributed by atoms with Gasteiger partial charge in [-0.2, -0.15) is 0 Å². The number of piperidine rings is 1. The molecule has 0 saturated carbocycles. The number of fused-ring (bicyclic) bond motifs is 1. The van der Waals surface area contributed by atoms with Gasteiger partial charge in [-0.05, 0) is 38.7 Å². The van der Waals surface area contributed by atoms with Crippen molar-refractivity contribution in [2.75, 3.05) is 6.61 Å². The third-order valence-corrected chi connectivity index (χ3v) is 4.86. The van der Waals surface area contributed by atoms with Crippen LogP contribution in [0.1, 0.15) is 38.7 Å². The van der Waals surface area contributed by atoms with Crippen molar-refractivity contribution in [3.63, 3.8) is 0 Å². The van der Waals surface area contributed by atoms with E-state index in [0.29, 0.717) is 6.61 Å². The standard InChI is InChI=1S/C20H27NO4/c1-4-8-16-11-12-18-17(14-24-20(2,3)25-18)21(16)19(22)23-13-15-9-6-5-7-10-15/h4-7,9-10,16-18H,1,8,11-14H2,2-3H3. The Morgan fingerprint density at radius 3 is 2.84 bits per heavy atom. The molecule has 2 aliphatic rings. The number of nitrogens with zero attached hydrogens (tertiary/aromatic N) is 1. The van der Waals surface area contributed by atoms with E-state index in [-0.39, 0.29) is 30.9 Å². The van der Waals surface area contributed by atoms with Crippen molar-refractivity contribution in [1.82, 2.24) is 4.90 Å². The van der Waals surface area contributed by atoms with Crippen molar-refractivity contribution < 1.29 is 19.0 Å². The molecule has 136 valence electrons. The Hall–Kier alpha value is -1.85. The second-order valence-corrected chi connectivity index (χ2v) is 7.14. The Labute approximate surface area is 149 Å². The van der Waals surface area contributed by atoms with Crippen LogP contribution in [0, 0.1) is 0 Å². The summed E-state index contributed by atoms with van der Waals surface area (Å²) in [4.78, 5) is 14.6. The third-order valence-electron chi connectivity index (χ3n) is 4.86. The SMILES string of the molecule is C=CCC1CCC2OC(C)(C)OCC2N1C(=O)OCc1ccccc1. The molecule has 5 heteroatoms. The molecule has 1 aromatic carbocycles. The van der Waals surface area contributed by atoms with Crippen LogP contribution in [0.15, 0.2) is 43.0 Å². The number of likely N-dealkylation sites (tertiary alicyclic amines) is 1. The molecule has 1 aromatic rings. The van der Waals surface area contributed by atoms with Crippen molar-refractivity contribution in [2.24, 2.45) is 0 Å². The van der Waals surface area contributed by atoms with Crippen LogP contribution in [-0.2, 0) is 20.8 Å². The van der Waals surface area contributed by atoms with Gasteiger partial charge in [0, 0.05) is 6.04 Å². The Morgan fingerprint density at radius 1 is 1.36 bits per heavy atom. The fraction of sp³-hybridized carbons (Fsp3) is 0.550. The molecule has 0 bridgehead atoms. The first-order chi connectivity index (χ1) is 12.0. The molecule has 3 atom stereocenters. The number of hydrogen-bond acceptors (Lipinski definition) is 4. The van der Waals surface area contributed by atoms with Crippen LogP contribution < -0.4 is 0 Å². The summed E-state index contributed by atoms with van der Waals surface area (Å²) in [6.07, 6.45) is 4.07. The summed E-state index contributed by atoms with van der Waals surface area (Å²) >= 11 is 0. The largest absolute Gasteiger partial charge is 0.445 e. The normalized spacial score (nSPS) is 28.1. The summed E-state index contributed by atoms with van der Waals surface area (Å²) in [7, 11) is 0. The summed E-state index contributed by atoms with van der Waals surface area (Å²) in [5.41, 5.74) is 0.974. The fourth-order valence-corrected chi connectivity index (χ4v) is 3.65. The van der Waals surface area contributed by atoms with E-state index in [9.17, 15) is 4.79 Å². The van der Waals surface area contributed by atoms with E-state index >= 15 is 0 Å². The molecule has 2 aliphatic heterocycles. The molecular formula is C20H27NO4. The molecule has 5 nitrogen and oxygen atoms in total. The van der Waals surface area contributed by atoms with Crippen molar-refractivity contribution in [3.8, 4) is 0 Å². The van der Waals surface area contributed by atoms with Crippen molar-refractivity contribution in [3.05, 3.63) is 48.6 Å². The van der Waals surface area contributed by atoms with Gasteiger partial charge in [0.05, 0.1) is 18.8 Å². The minimum absolute atomic E-state index is 0.0194. The van der Waals surface area contributed by atoms with E-state index in [0.717, 1.165) is 24.8 Å². The molecule has 2 saturated heterocycles. The van der Waals surface area contributed by atoms with Gasteiger partial charge in [0.2, 0.25) is 0 Å². The van der Waals surface area contributed by atoms with Crippen LogP contribution in [0.2, 0.25) is 0 Å². The average Bonchev–Trinajstić information content (AvgIpc) is 2.60. The predicted octanol–water partition coefficient (Wildman–Crippen LogP) is 3.88. The van der Waals surface area contributed by atoms with Gasteiger partial charge in [-0.25, -0.2) is 4.79 Å². The van der Waals surface area contributed by atoms with E-state index < -0.39 is 5.79 Å². The molecule has 0 radical (unpaired) electrons. The number of carbonyl (C=O) groups excluding carboxylic acids is 1. The Bertz CT molecular complexity index is 601. The number of amides is 1. The average molecular weight is 345 g/mol. The number of ether oxygens (including phenoxy) is 3. The van der Waals surface area contributed by atoms with Gasteiger partial charge in [0.15, 0.2) is 5.79 Å². The van der Waals surface area contributed by atoms with E-state index in [1.807, 2.05) is 55.2 Å². The number of rotatable bonds is 4. The van der Waals surface area contributed by atoms with Crippen LogP contribution in [0.3, 0.4) is 0 Å². The van der Waals surface area contributed by atoms with Crippen LogP contribution in [0.25, 0.3) is 0 Å². The number of benzene rings is 1. The van der Waals surface area contributed by atoms with E-state index in [1.54, 1.807) is 0 Å². The fourth-order valence-electron chi connectivity index (χ4n) is 3.65. The smallest absolute Gasteiger partial charge is 0.410 e. The lowest BCUT2D eigenvalue weighted by atomic mass is 9.91. The highest BCUT2D eigenvalue weighted by Gasteiger charge is 2.46. The zero-order valence-corrected chi connectivity index (χ0v) is 15.0. The Kier molecular flexibility index (Phi) is 5.45. The van der Waals surface area contributed by atoms with Gasteiger partial charge >= 0.3 is 6.09 Å². The topological polar surface area (TPSA) is 48.0 Å². The van der Waals surface area contributed by atoms with E-state index in [4.69, 9.17) is 14.2 Å². The summed E-state index contributed by atoms with van der Waals surface area (Å²) in [6, 6.07) is 9.67. The van der Waals surface area contributed by atoms with Gasteiger partial charge < -0.3 is 14.2 Å². The molecule has 0 spiro atoms. The van der Waals surface area contributed by atoms with Crippen LogP contribution in [-0.4, -0.2) is 41.6 Å². The first-order valence-electron chi connectivity index (χ1n) is 8.92. The summed E-state index contributed by atoms with van der Waals surface area (Å²) < 4.78 is 17.4. The van der Waals surface area contributed by atoms with Gasteiger partial charge in [0.25, 0.3) is 0 Å². The maximum Gasteiger partial charge on any atom is 0.410 e. The monoisotopic (exact) mass is 345 g/mol. The highest BCUT2D eigenvalue weighted by atomic mass is 16.7. The minimum atomic E-state index is -0.605. The molecule has 3 rings (SSSR count). The zero-order chi connectivity index (χ0) is 17.9. The lowest BCUT2D eigenvalue weighted by Gasteiger charge is -2.50. The Balaban J connectivity index is 1.71. The van der Waals surface area contributed by atoms with Gasteiger partial charge in [-0.3, -0.25) is 4.90 Å². The third kappa shape index (κ3) is 4.22. The van der Waals surface area contributed by atoms with Crippen LogP contribution in [0.4, 0.5) is 4.79 Å². The van der Waals surface area contributed by atoms with Crippen molar-refractivity contribution in [2.45, 2.75) is 63.7 Å². The summed E-state index contributed by atoms with van der Waals surface area (Å²) in [5, 5.41) is 0. The van der Waals surface area contributed by atoms with Gasteiger partial charge in [0.1, 0.15) is 6.61 Å². The molecule has 1 amide bonds. The highest BCUT2D eigenvalue weighted by Crippen LogP contribution is 2.35. The first-order valence-corrected chi connectivity index (χ1v) is 8.92. The van der Waals surface area contributed by atoms with Crippen LogP contribution >= 0.6 is 0 Å². The Morgan fingerprint density at radius 2 is 2.12 bits per heavy atom. The maximum absolute atomic E-state index is 12.8. The molecule has 3 unspecified atom stereocenters. The molecule has 0 aromatic heterocycles. The quantitative estimate of drug-likeness (QED) is 0.777. The summed E-state index contributed by atoms with van der Waals surface area (Å²) in [6.45, 7) is 8.39. The van der Waals surface area contributed by atoms with Crippen molar-refractivity contribution >= 4 is 6.09 Å². The van der Waals surface area contributed by atoms with E-state index in [2.05, 4.69) is 6.58 Å². The molecule has 0 N–H and O–H groups in total. The second-order valence-electron chi connectivity index (χ2n) is 7.14. The lowest BCUT2D eigenvalue weighted by molar-refractivity contribution is -0.301. The maximum atomic E-state index is 12.8. The van der Waals surface area contributed by atoms with E-state index in [1.165, 1.54) is 0 Å². The van der Waals surface area contributed by atoms with Crippen molar-refractivity contribution in [1.29, 1.82) is 0 Å². The lowest BCUT2D eigenvalue weighted by Crippen LogP contribution is -2.63. The molecule has 2 fully saturated rings. The minimum Gasteiger partial charge on any atom is -0.445 e. The molecule has 25 heavy (non-hydrogen) atoms. The first kappa shape index (κ1) is 18.0.